The van der Waals surface area contributed by atoms with Crippen molar-refractivity contribution in [1.29, 1.82) is 0 Å². The summed E-state index contributed by atoms with van der Waals surface area (Å²) in [6, 6.07) is 5.50. The second kappa shape index (κ2) is 7.09. The number of carbonyl (C=O) groups is 1. The molecule has 0 unspecified atom stereocenters. The van der Waals surface area contributed by atoms with Crippen LogP contribution in [0.4, 0.5) is 0 Å². The highest BCUT2D eigenvalue weighted by Gasteiger charge is 2.30. The second-order valence-electron chi connectivity index (χ2n) is 5.78. The minimum atomic E-state index is -0.202. The van der Waals surface area contributed by atoms with Gasteiger partial charge in [0.1, 0.15) is 6.10 Å². The monoisotopic (exact) mass is 371 g/mol. The molecule has 0 N–H and O–H groups in total. The molecule has 0 spiro atoms. The number of pyridine rings is 1. The van der Waals surface area contributed by atoms with Crippen molar-refractivity contribution in [3.05, 3.63) is 53.7 Å². The molecule has 1 amide bonds. The van der Waals surface area contributed by atoms with E-state index in [2.05, 4.69) is 20.1 Å². The lowest BCUT2D eigenvalue weighted by molar-refractivity contribution is 0.0759. The van der Waals surface area contributed by atoms with E-state index in [-0.39, 0.29) is 23.7 Å². The lowest BCUT2D eigenvalue weighted by atomic mass is 10.2. The molecule has 1 saturated heterocycles. The highest BCUT2D eigenvalue weighted by Crippen LogP contribution is 2.22. The number of rotatable bonds is 4. The predicted molar refractivity (Wildman–Crippen MR) is 91.7 cm³/mol. The van der Waals surface area contributed by atoms with Crippen LogP contribution >= 0.6 is 11.6 Å². The molecule has 3 aromatic rings. The van der Waals surface area contributed by atoms with Gasteiger partial charge in [0.25, 0.3) is 5.91 Å². The predicted octanol–water partition coefficient (Wildman–Crippen LogP) is 2.47. The lowest BCUT2D eigenvalue weighted by Gasteiger charge is -2.15. The number of halogens is 1. The van der Waals surface area contributed by atoms with E-state index in [1.807, 2.05) is 6.07 Å². The van der Waals surface area contributed by atoms with Gasteiger partial charge in [0.2, 0.25) is 0 Å². The van der Waals surface area contributed by atoms with Crippen molar-refractivity contribution in [2.24, 2.45) is 0 Å². The van der Waals surface area contributed by atoms with Gasteiger partial charge >= 0.3 is 6.01 Å². The largest absolute Gasteiger partial charge is 0.458 e. The topological polar surface area (TPSA) is 94.2 Å². The van der Waals surface area contributed by atoms with E-state index in [9.17, 15) is 4.79 Å². The maximum absolute atomic E-state index is 12.6. The molecule has 1 aliphatic rings. The van der Waals surface area contributed by atoms with E-state index in [4.69, 9.17) is 20.9 Å². The molecule has 1 fully saturated rings. The van der Waals surface area contributed by atoms with Crippen LogP contribution in [-0.2, 0) is 0 Å². The average molecular weight is 372 g/mol. The second-order valence-corrected chi connectivity index (χ2v) is 6.22. The maximum Gasteiger partial charge on any atom is 0.316 e. The summed E-state index contributed by atoms with van der Waals surface area (Å²) in [6.07, 6.45) is 6.77. The molecule has 9 heteroatoms. The first-order valence-corrected chi connectivity index (χ1v) is 8.37. The van der Waals surface area contributed by atoms with Crippen LogP contribution in [0.15, 0.2) is 47.5 Å². The molecule has 0 bridgehead atoms. The minimum Gasteiger partial charge on any atom is -0.458 e. The van der Waals surface area contributed by atoms with Crippen LogP contribution < -0.4 is 4.74 Å². The first kappa shape index (κ1) is 16.5. The maximum atomic E-state index is 12.6. The van der Waals surface area contributed by atoms with Crippen LogP contribution in [0.3, 0.4) is 0 Å². The van der Waals surface area contributed by atoms with Gasteiger partial charge in [0.05, 0.1) is 24.0 Å². The van der Waals surface area contributed by atoms with Gasteiger partial charge in [-0.3, -0.25) is 9.78 Å². The Kier molecular flexibility index (Phi) is 4.49. The van der Waals surface area contributed by atoms with Crippen LogP contribution in [0.5, 0.6) is 6.01 Å². The fraction of sp³-hybridized carbons (Fsp3) is 0.235. The van der Waals surface area contributed by atoms with Gasteiger partial charge in [-0.25, -0.2) is 9.97 Å². The molecule has 0 radical (unpaired) electrons. The van der Waals surface area contributed by atoms with Crippen molar-refractivity contribution in [3.63, 3.8) is 0 Å². The van der Waals surface area contributed by atoms with Crippen LogP contribution in [0.2, 0.25) is 5.02 Å². The Bertz CT molecular complexity index is 900. The van der Waals surface area contributed by atoms with E-state index in [0.29, 0.717) is 30.3 Å². The SMILES string of the molecule is O=C(c1cc(-c2cccnc2)on1)N1CC[C@H](Oc2ncc(Cl)cn2)C1. The smallest absolute Gasteiger partial charge is 0.316 e. The van der Waals surface area contributed by atoms with Crippen LogP contribution in [0, 0.1) is 0 Å². The Morgan fingerprint density at radius 1 is 1.31 bits per heavy atom. The van der Waals surface area contributed by atoms with E-state index >= 15 is 0 Å². The summed E-state index contributed by atoms with van der Waals surface area (Å²) < 4.78 is 11.0. The molecule has 4 heterocycles. The van der Waals surface area contributed by atoms with Crippen molar-refractivity contribution in [2.75, 3.05) is 13.1 Å². The van der Waals surface area contributed by atoms with Gasteiger partial charge in [-0.2, -0.15) is 0 Å². The van der Waals surface area contributed by atoms with E-state index in [0.717, 1.165) is 5.56 Å². The molecular formula is C17H14ClN5O3. The molecule has 26 heavy (non-hydrogen) atoms. The summed E-state index contributed by atoms with van der Waals surface area (Å²) in [7, 11) is 0. The Morgan fingerprint density at radius 2 is 2.15 bits per heavy atom. The van der Waals surface area contributed by atoms with Gasteiger partial charge in [0, 0.05) is 37.0 Å². The standard InChI is InChI=1S/C17H14ClN5O3/c18-12-8-20-17(21-9-12)25-13-3-5-23(10-13)16(24)14-6-15(26-22-14)11-2-1-4-19-7-11/h1-2,4,6-9,13H,3,5,10H2/t13-/m0/s1. The first-order valence-electron chi connectivity index (χ1n) is 7.99. The molecular weight excluding hydrogens is 358 g/mol. The highest BCUT2D eigenvalue weighted by atomic mass is 35.5. The first-order chi connectivity index (χ1) is 12.7. The summed E-state index contributed by atoms with van der Waals surface area (Å²) in [6.45, 7) is 0.992. The highest BCUT2D eigenvalue weighted by molar-refractivity contribution is 6.30. The van der Waals surface area contributed by atoms with Crippen molar-refractivity contribution >= 4 is 17.5 Å². The molecule has 4 rings (SSSR count). The molecule has 1 aliphatic heterocycles. The number of carbonyl (C=O) groups excluding carboxylic acids is 1. The Labute approximate surface area is 153 Å². The Hall–Kier alpha value is -3.00. The molecule has 0 saturated carbocycles. The summed E-state index contributed by atoms with van der Waals surface area (Å²) in [5, 5.41) is 4.32. The Morgan fingerprint density at radius 3 is 2.92 bits per heavy atom. The normalized spacial score (nSPS) is 16.7. The van der Waals surface area contributed by atoms with Crippen LogP contribution in [0.25, 0.3) is 11.3 Å². The minimum absolute atomic E-state index is 0.176. The van der Waals surface area contributed by atoms with Gasteiger partial charge < -0.3 is 14.2 Å². The number of likely N-dealkylation sites (tertiary alicyclic amines) is 1. The molecule has 3 aromatic heterocycles. The van der Waals surface area contributed by atoms with E-state index in [1.165, 1.54) is 12.4 Å². The number of amides is 1. The number of nitrogens with zero attached hydrogens (tertiary/aromatic N) is 5. The molecule has 0 aromatic carbocycles. The van der Waals surface area contributed by atoms with Gasteiger partial charge in [-0.05, 0) is 12.1 Å². The van der Waals surface area contributed by atoms with Gasteiger partial charge in [-0.15, -0.1) is 0 Å². The molecule has 8 nitrogen and oxygen atoms in total. The lowest BCUT2D eigenvalue weighted by Crippen LogP contribution is -2.31. The summed E-state index contributed by atoms with van der Waals surface area (Å²) in [5.41, 5.74) is 1.02. The van der Waals surface area contributed by atoms with Gasteiger partial charge in [-0.1, -0.05) is 16.8 Å². The summed E-state index contributed by atoms with van der Waals surface area (Å²) in [5.74, 6) is 0.301. The Balaban J connectivity index is 1.40. The van der Waals surface area contributed by atoms with Crippen LogP contribution in [0.1, 0.15) is 16.9 Å². The third kappa shape index (κ3) is 3.50. The molecule has 132 valence electrons. The van der Waals surface area contributed by atoms with Crippen molar-refractivity contribution in [1.82, 2.24) is 25.0 Å². The third-order valence-electron chi connectivity index (χ3n) is 3.98. The number of aromatic nitrogens is 4. The van der Waals surface area contributed by atoms with E-state index < -0.39 is 0 Å². The van der Waals surface area contributed by atoms with Gasteiger partial charge in [0.15, 0.2) is 11.5 Å². The quantitative estimate of drug-likeness (QED) is 0.695. The summed E-state index contributed by atoms with van der Waals surface area (Å²) in [4.78, 5) is 26.3. The number of ether oxygens (including phenoxy) is 1. The average Bonchev–Trinajstić information content (AvgIpc) is 3.34. The number of hydrogen-bond donors (Lipinski definition) is 0. The zero-order valence-electron chi connectivity index (χ0n) is 13.6. The molecule has 0 aliphatic carbocycles. The van der Waals surface area contributed by atoms with Crippen molar-refractivity contribution in [3.8, 4) is 17.3 Å². The fourth-order valence-corrected chi connectivity index (χ4v) is 2.80. The summed E-state index contributed by atoms with van der Waals surface area (Å²) >= 11 is 5.75. The fourth-order valence-electron chi connectivity index (χ4n) is 2.70. The zero-order valence-corrected chi connectivity index (χ0v) is 14.3. The zero-order chi connectivity index (χ0) is 17.9. The van der Waals surface area contributed by atoms with Crippen LogP contribution in [-0.4, -0.2) is 50.1 Å². The molecule has 1 atom stereocenters. The number of hydrogen-bond acceptors (Lipinski definition) is 7. The van der Waals surface area contributed by atoms with Crippen molar-refractivity contribution < 1.29 is 14.1 Å². The van der Waals surface area contributed by atoms with E-state index in [1.54, 1.807) is 29.4 Å². The third-order valence-corrected chi connectivity index (χ3v) is 4.17. The van der Waals surface area contributed by atoms with Crippen molar-refractivity contribution in [2.45, 2.75) is 12.5 Å².